The molecule has 5 heteroatoms. The van der Waals surface area contributed by atoms with Crippen molar-refractivity contribution >= 4 is 6.09 Å². The molecule has 0 unspecified atom stereocenters. The molecule has 1 spiro atoms. The third kappa shape index (κ3) is 2.57. The van der Waals surface area contributed by atoms with Gasteiger partial charge in [-0.3, -0.25) is 0 Å². The molecule has 22 heavy (non-hydrogen) atoms. The number of likely N-dealkylation sites (tertiary alicyclic amines) is 1. The molecule has 0 radical (unpaired) electrons. The predicted molar refractivity (Wildman–Crippen MR) is 78.7 cm³/mol. The maximum atomic E-state index is 14.8. The van der Waals surface area contributed by atoms with E-state index in [1.807, 2.05) is 20.8 Å². The summed E-state index contributed by atoms with van der Waals surface area (Å²) in [7, 11) is 0. The number of amides is 1. The zero-order valence-corrected chi connectivity index (χ0v) is 13.2. The Balaban J connectivity index is 1.59. The van der Waals surface area contributed by atoms with Crippen LogP contribution in [0.2, 0.25) is 0 Å². The SMILES string of the molecule is CC(C)(C)OC(=O)N1CC2(C1)CC(F)(c1ccccc1F)C2. The molecule has 1 aliphatic carbocycles. The lowest BCUT2D eigenvalue weighted by molar-refractivity contribution is -0.154. The maximum absolute atomic E-state index is 14.8. The van der Waals surface area contributed by atoms with E-state index in [-0.39, 0.29) is 29.9 Å². The molecule has 1 aromatic carbocycles. The standard InChI is InChI=1S/C17H21F2NO2/c1-15(2,3)22-14(21)20-10-16(11-20)8-17(19,9-16)12-6-4-5-7-13(12)18/h4-7H,8-11H2,1-3H3. The van der Waals surface area contributed by atoms with Gasteiger partial charge in [0.05, 0.1) is 0 Å². The molecule has 1 aromatic rings. The van der Waals surface area contributed by atoms with Crippen LogP contribution in [0.1, 0.15) is 39.2 Å². The Morgan fingerprint density at radius 2 is 1.82 bits per heavy atom. The Morgan fingerprint density at radius 1 is 1.23 bits per heavy atom. The summed E-state index contributed by atoms with van der Waals surface area (Å²) in [6.45, 7) is 6.42. The van der Waals surface area contributed by atoms with E-state index in [0.717, 1.165) is 0 Å². The van der Waals surface area contributed by atoms with Gasteiger partial charge in [0.15, 0.2) is 0 Å². The molecule has 2 aliphatic rings. The van der Waals surface area contributed by atoms with E-state index in [9.17, 15) is 13.6 Å². The smallest absolute Gasteiger partial charge is 0.410 e. The van der Waals surface area contributed by atoms with Crippen molar-refractivity contribution in [2.45, 2.75) is 44.9 Å². The van der Waals surface area contributed by atoms with Gasteiger partial charge in [-0.1, -0.05) is 18.2 Å². The minimum atomic E-state index is -1.61. The topological polar surface area (TPSA) is 29.5 Å². The summed E-state index contributed by atoms with van der Waals surface area (Å²) in [5, 5.41) is 0. The fraction of sp³-hybridized carbons (Fsp3) is 0.588. The number of halogens is 2. The minimum Gasteiger partial charge on any atom is -0.444 e. The first-order chi connectivity index (χ1) is 10.1. The van der Waals surface area contributed by atoms with Crippen LogP contribution < -0.4 is 0 Å². The average molecular weight is 309 g/mol. The van der Waals surface area contributed by atoms with Crippen molar-refractivity contribution in [3.63, 3.8) is 0 Å². The molecule has 1 aliphatic heterocycles. The van der Waals surface area contributed by atoms with Crippen molar-refractivity contribution in [1.82, 2.24) is 4.90 Å². The Kier molecular flexibility index (Phi) is 3.24. The van der Waals surface area contributed by atoms with Crippen molar-refractivity contribution < 1.29 is 18.3 Å². The maximum Gasteiger partial charge on any atom is 0.410 e. The third-order valence-corrected chi connectivity index (χ3v) is 4.37. The van der Waals surface area contributed by atoms with Crippen LogP contribution in [0, 0.1) is 11.2 Å². The van der Waals surface area contributed by atoms with Crippen molar-refractivity contribution in [2.24, 2.45) is 5.41 Å². The van der Waals surface area contributed by atoms with Gasteiger partial charge in [0.25, 0.3) is 0 Å². The fourth-order valence-electron chi connectivity index (χ4n) is 3.59. The van der Waals surface area contributed by atoms with Crippen LogP contribution in [0.3, 0.4) is 0 Å². The van der Waals surface area contributed by atoms with Crippen LogP contribution >= 0.6 is 0 Å². The van der Waals surface area contributed by atoms with Crippen LogP contribution in [0.15, 0.2) is 24.3 Å². The van der Waals surface area contributed by atoms with Gasteiger partial charge in [0.1, 0.15) is 17.1 Å². The summed E-state index contributed by atoms with van der Waals surface area (Å²) >= 11 is 0. The number of alkyl halides is 1. The summed E-state index contributed by atoms with van der Waals surface area (Å²) in [5.41, 5.74) is -2.22. The lowest BCUT2D eigenvalue weighted by Gasteiger charge is -2.61. The molecule has 0 atom stereocenters. The highest BCUT2D eigenvalue weighted by Crippen LogP contribution is 2.61. The largest absolute Gasteiger partial charge is 0.444 e. The first kappa shape index (κ1) is 15.3. The number of ether oxygens (including phenoxy) is 1. The van der Waals surface area contributed by atoms with E-state index < -0.39 is 17.1 Å². The Labute approximate surface area is 129 Å². The number of rotatable bonds is 1. The van der Waals surface area contributed by atoms with Gasteiger partial charge < -0.3 is 9.64 Å². The molecular weight excluding hydrogens is 288 g/mol. The molecule has 120 valence electrons. The van der Waals surface area contributed by atoms with Gasteiger partial charge in [-0.15, -0.1) is 0 Å². The van der Waals surface area contributed by atoms with Crippen molar-refractivity contribution in [3.8, 4) is 0 Å². The number of hydrogen-bond donors (Lipinski definition) is 0. The second-order valence-electron chi connectivity index (χ2n) is 7.64. The first-order valence-corrected chi connectivity index (χ1v) is 7.55. The summed E-state index contributed by atoms with van der Waals surface area (Å²) in [4.78, 5) is 13.5. The third-order valence-electron chi connectivity index (χ3n) is 4.37. The van der Waals surface area contributed by atoms with Crippen molar-refractivity contribution in [2.75, 3.05) is 13.1 Å². The van der Waals surface area contributed by atoms with E-state index >= 15 is 0 Å². The fourth-order valence-corrected chi connectivity index (χ4v) is 3.59. The predicted octanol–water partition coefficient (Wildman–Crippen LogP) is 4.02. The summed E-state index contributed by atoms with van der Waals surface area (Å²) < 4.78 is 33.9. The van der Waals surface area contributed by atoms with E-state index in [1.54, 1.807) is 17.0 Å². The molecule has 0 bridgehead atoms. The molecule has 1 amide bonds. The molecule has 3 rings (SSSR count). The zero-order valence-electron chi connectivity index (χ0n) is 13.2. The highest BCUT2D eigenvalue weighted by molar-refractivity contribution is 5.69. The Morgan fingerprint density at radius 3 is 2.36 bits per heavy atom. The summed E-state index contributed by atoms with van der Waals surface area (Å²) in [5.74, 6) is -0.497. The van der Waals surface area contributed by atoms with Gasteiger partial charge in [0, 0.05) is 24.1 Å². The van der Waals surface area contributed by atoms with E-state index in [1.165, 1.54) is 12.1 Å². The molecule has 1 saturated heterocycles. The molecule has 0 aromatic heterocycles. The van der Waals surface area contributed by atoms with Crippen LogP contribution in [0.5, 0.6) is 0 Å². The van der Waals surface area contributed by atoms with Gasteiger partial charge in [-0.25, -0.2) is 13.6 Å². The van der Waals surface area contributed by atoms with E-state index in [2.05, 4.69) is 0 Å². The van der Waals surface area contributed by atoms with Crippen LogP contribution in [0.25, 0.3) is 0 Å². The first-order valence-electron chi connectivity index (χ1n) is 7.55. The minimum absolute atomic E-state index is 0.136. The molecule has 1 heterocycles. The van der Waals surface area contributed by atoms with E-state index in [0.29, 0.717) is 13.1 Å². The number of carbonyl (C=O) groups excluding carboxylic acids is 1. The average Bonchev–Trinajstić information content (AvgIpc) is 2.30. The van der Waals surface area contributed by atoms with E-state index in [4.69, 9.17) is 4.74 Å². The van der Waals surface area contributed by atoms with Gasteiger partial charge >= 0.3 is 6.09 Å². The quantitative estimate of drug-likeness (QED) is 0.784. The number of hydrogen-bond acceptors (Lipinski definition) is 2. The summed E-state index contributed by atoms with van der Waals surface area (Å²) in [6, 6.07) is 6.00. The monoisotopic (exact) mass is 309 g/mol. The van der Waals surface area contributed by atoms with Crippen molar-refractivity contribution in [1.29, 1.82) is 0 Å². The molecule has 2 fully saturated rings. The van der Waals surface area contributed by atoms with Gasteiger partial charge in [0.2, 0.25) is 0 Å². The molecular formula is C17H21F2NO2. The zero-order chi connectivity index (χ0) is 16.2. The number of carbonyl (C=O) groups is 1. The Bertz CT molecular complexity index is 595. The highest BCUT2D eigenvalue weighted by atomic mass is 19.1. The van der Waals surface area contributed by atoms with Gasteiger partial charge in [-0.05, 0) is 39.7 Å². The Hall–Kier alpha value is -1.65. The molecule has 0 N–H and O–H groups in total. The second-order valence-corrected chi connectivity index (χ2v) is 7.64. The summed E-state index contributed by atoms with van der Waals surface area (Å²) in [6.07, 6.45) is 0.167. The van der Waals surface area contributed by atoms with Crippen LogP contribution in [-0.4, -0.2) is 29.7 Å². The number of benzene rings is 1. The molecule has 1 saturated carbocycles. The highest BCUT2D eigenvalue weighted by Gasteiger charge is 2.63. The van der Waals surface area contributed by atoms with Crippen molar-refractivity contribution in [3.05, 3.63) is 35.6 Å². The lowest BCUT2D eigenvalue weighted by atomic mass is 9.54. The van der Waals surface area contributed by atoms with Gasteiger partial charge in [-0.2, -0.15) is 0 Å². The normalized spacial score (nSPS) is 22.0. The lowest BCUT2D eigenvalue weighted by Crippen LogP contribution is -2.67. The number of nitrogens with zero attached hydrogens (tertiary/aromatic N) is 1. The van der Waals surface area contributed by atoms with Crippen LogP contribution in [-0.2, 0) is 10.4 Å². The van der Waals surface area contributed by atoms with Crippen LogP contribution in [0.4, 0.5) is 13.6 Å². The molecule has 3 nitrogen and oxygen atoms in total. The second kappa shape index (κ2) is 4.67.